The summed E-state index contributed by atoms with van der Waals surface area (Å²) in [5.41, 5.74) is 0.461. The molecule has 5 nitrogen and oxygen atoms in total. The molecule has 6 heteroatoms. The van der Waals surface area contributed by atoms with E-state index in [4.69, 9.17) is 9.47 Å². The van der Waals surface area contributed by atoms with Crippen molar-refractivity contribution in [3.8, 4) is 5.75 Å². The van der Waals surface area contributed by atoms with Gasteiger partial charge in [-0.1, -0.05) is 22.9 Å². The number of carbonyl (C=O) groups excluding carboxylic acids is 2. The molecule has 0 aliphatic carbocycles. The van der Waals surface area contributed by atoms with Crippen molar-refractivity contribution in [1.82, 2.24) is 4.90 Å². The van der Waals surface area contributed by atoms with Crippen molar-refractivity contribution in [2.45, 2.75) is 58.2 Å². The van der Waals surface area contributed by atoms with Crippen LogP contribution < -0.4 is 4.74 Å². The zero-order valence-electron chi connectivity index (χ0n) is 15.1. The lowest BCUT2D eigenvalue weighted by Gasteiger charge is -2.36. The summed E-state index contributed by atoms with van der Waals surface area (Å²) >= 11 is 3.46. The quantitative estimate of drug-likeness (QED) is 0.691. The van der Waals surface area contributed by atoms with E-state index >= 15 is 0 Å². The molecular formula is C19H24BrNO4. The average Bonchev–Trinajstić information content (AvgIpc) is 2.89. The predicted octanol–water partition coefficient (Wildman–Crippen LogP) is 4.36. The van der Waals surface area contributed by atoms with E-state index in [1.165, 1.54) is 0 Å². The highest BCUT2D eigenvalue weighted by Crippen LogP contribution is 2.42. The highest BCUT2D eigenvalue weighted by molar-refractivity contribution is 9.10. The summed E-state index contributed by atoms with van der Waals surface area (Å²) in [6.45, 7) is 8.50. The molecule has 3 rings (SSSR count). The van der Waals surface area contributed by atoms with Gasteiger partial charge in [0.2, 0.25) is 0 Å². The summed E-state index contributed by atoms with van der Waals surface area (Å²) in [6, 6.07) is 3.82. The van der Waals surface area contributed by atoms with Crippen LogP contribution in [0.1, 0.15) is 56.5 Å². The van der Waals surface area contributed by atoms with Crippen molar-refractivity contribution in [2.75, 3.05) is 13.1 Å². The molecule has 0 aromatic heterocycles. The first kappa shape index (κ1) is 18.2. The zero-order valence-corrected chi connectivity index (χ0v) is 16.7. The average molecular weight is 410 g/mol. The van der Waals surface area contributed by atoms with E-state index in [9.17, 15) is 9.59 Å². The second kappa shape index (κ2) is 6.31. The number of ketones is 1. The molecule has 1 aromatic rings. The zero-order chi connectivity index (χ0) is 18.4. The Hall–Kier alpha value is -1.56. The molecule has 0 N–H and O–H groups in total. The van der Waals surface area contributed by atoms with E-state index in [1.807, 2.05) is 39.8 Å². The molecule has 2 heterocycles. The van der Waals surface area contributed by atoms with Crippen LogP contribution >= 0.6 is 15.9 Å². The van der Waals surface area contributed by atoms with Crippen LogP contribution in [-0.2, 0) is 11.2 Å². The lowest BCUT2D eigenvalue weighted by Crippen LogP contribution is -2.46. The maximum absolute atomic E-state index is 12.7. The molecule has 0 radical (unpaired) electrons. The summed E-state index contributed by atoms with van der Waals surface area (Å²) in [7, 11) is 0. The van der Waals surface area contributed by atoms with Crippen molar-refractivity contribution in [3.05, 3.63) is 27.7 Å². The summed E-state index contributed by atoms with van der Waals surface area (Å²) in [5.74, 6) is 0.747. The second-order valence-corrected chi connectivity index (χ2v) is 8.75. The summed E-state index contributed by atoms with van der Waals surface area (Å²) in [5, 5.41) is 0. The fraction of sp³-hybridized carbons (Fsp3) is 0.579. The van der Waals surface area contributed by atoms with Gasteiger partial charge in [0.15, 0.2) is 5.78 Å². The highest BCUT2D eigenvalue weighted by atomic mass is 79.9. The van der Waals surface area contributed by atoms with E-state index < -0.39 is 11.2 Å². The number of nitrogens with zero attached hydrogens (tertiary/aromatic N) is 1. The Balaban J connectivity index is 1.84. The largest absolute Gasteiger partial charge is 0.484 e. The Kier molecular flexibility index (Phi) is 4.60. The lowest BCUT2D eigenvalue weighted by atomic mass is 9.88. The third kappa shape index (κ3) is 3.68. The normalized spacial score (nSPS) is 22.8. The molecule has 1 aromatic carbocycles. The Morgan fingerprint density at radius 2 is 2.12 bits per heavy atom. The molecule has 2 aliphatic rings. The van der Waals surface area contributed by atoms with Crippen LogP contribution in [0.2, 0.25) is 0 Å². The fourth-order valence-electron chi connectivity index (χ4n) is 3.44. The number of amides is 1. The van der Waals surface area contributed by atoms with Gasteiger partial charge in [-0.05, 0) is 44.9 Å². The predicted molar refractivity (Wildman–Crippen MR) is 98.3 cm³/mol. The molecule has 2 aliphatic heterocycles. The van der Waals surface area contributed by atoms with Crippen LogP contribution in [0.4, 0.5) is 4.79 Å². The van der Waals surface area contributed by atoms with E-state index in [1.54, 1.807) is 4.90 Å². The van der Waals surface area contributed by atoms with Gasteiger partial charge in [0.05, 0.1) is 18.5 Å². The van der Waals surface area contributed by atoms with Crippen molar-refractivity contribution in [2.24, 2.45) is 0 Å². The van der Waals surface area contributed by atoms with E-state index in [-0.39, 0.29) is 11.9 Å². The van der Waals surface area contributed by atoms with Gasteiger partial charge < -0.3 is 14.4 Å². The number of aryl methyl sites for hydroxylation is 1. The van der Waals surface area contributed by atoms with Crippen molar-refractivity contribution in [1.29, 1.82) is 0 Å². The Labute approximate surface area is 156 Å². The van der Waals surface area contributed by atoms with Gasteiger partial charge in [-0.3, -0.25) is 4.79 Å². The lowest BCUT2D eigenvalue weighted by molar-refractivity contribution is 0.0169. The molecule has 0 unspecified atom stereocenters. The number of Topliss-reactive ketones (excluding diaryl/α,β-unsaturated/α-hetero) is 1. The van der Waals surface area contributed by atoms with Gasteiger partial charge in [0, 0.05) is 17.4 Å². The maximum atomic E-state index is 12.7. The Bertz CT molecular complexity index is 725. The fourth-order valence-corrected chi connectivity index (χ4v) is 3.94. The minimum absolute atomic E-state index is 0.0725. The first-order chi connectivity index (χ1) is 11.6. The summed E-state index contributed by atoms with van der Waals surface area (Å²) in [4.78, 5) is 26.7. The van der Waals surface area contributed by atoms with Gasteiger partial charge in [-0.15, -0.1) is 0 Å². The summed E-state index contributed by atoms with van der Waals surface area (Å²) in [6.07, 6.45) is 1.36. The first-order valence-electron chi connectivity index (χ1n) is 8.65. The first-order valence-corrected chi connectivity index (χ1v) is 9.44. The molecule has 1 spiro atoms. The number of hydrogen-bond donors (Lipinski definition) is 0. The maximum Gasteiger partial charge on any atom is 0.410 e. The molecular weight excluding hydrogens is 386 g/mol. The monoisotopic (exact) mass is 409 g/mol. The standard InChI is InChI=1S/C19H24BrNO4/c1-5-12-8-13(20)9-14-15(22)10-19(24-16(12)14)6-7-21(11-19)17(23)25-18(2,3)4/h8-9H,5-7,10-11H2,1-4H3/t19-/m1/s1. The van der Waals surface area contributed by atoms with Crippen molar-refractivity contribution < 1.29 is 19.1 Å². The van der Waals surface area contributed by atoms with Gasteiger partial charge >= 0.3 is 6.09 Å². The van der Waals surface area contributed by atoms with Crippen LogP contribution in [0, 0.1) is 0 Å². The van der Waals surface area contributed by atoms with Crippen LogP contribution in [0.25, 0.3) is 0 Å². The third-order valence-electron chi connectivity index (χ3n) is 4.58. The topological polar surface area (TPSA) is 55.8 Å². The highest BCUT2D eigenvalue weighted by Gasteiger charge is 2.48. The SMILES string of the molecule is CCc1cc(Br)cc2c1O[C@]1(CCN(C(=O)OC(C)(C)C)C1)CC2=O. The van der Waals surface area contributed by atoms with Crippen LogP contribution in [-0.4, -0.2) is 41.1 Å². The van der Waals surface area contributed by atoms with E-state index in [0.29, 0.717) is 37.2 Å². The molecule has 1 amide bonds. The molecule has 136 valence electrons. The minimum atomic E-state index is -0.640. The number of benzene rings is 1. The Morgan fingerprint density at radius 3 is 2.76 bits per heavy atom. The van der Waals surface area contributed by atoms with Gasteiger partial charge in [-0.25, -0.2) is 4.79 Å². The number of hydrogen-bond acceptors (Lipinski definition) is 4. The molecule has 0 saturated carbocycles. The molecule has 1 atom stereocenters. The summed E-state index contributed by atoms with van der Waals surface area (Å²) < 4.78 is 12.7. The number of carbonyl (C=O) groups is 2. The number of ether oxygens (including phenoxy) is 2. The minimum Gasteiger partial charge on any atom is -0.484 e. The third-order valence-corrected chi connectivity index (χ3v) is 5.04. The molecule has 1 fully saturated rings. The second-order valence-electron chi connectivity index (χ2n) is 7.83. The van der Waals surface area contributed by atoms with Crippen LogP contribution in [0.5, 0.6) is 5.75 Å². The number of rotatable bonds is 1. The van der Waals surface area contributed by atoms with E-state index in [2.05, 4.69) is 15.9 Å². The molecule has 0 bridgehead atoms. The van der Waals surface area contributed by atoms with Gasteiger partial charge in [-0.2, -0.15) is 0 Å². The smallest absolute Gasteiger partial charge is 0.410 e. The van der Waals surface area contributed by atoms with E-state index in [0.717, 1.165) is 16.5 Å². The van der Waals surface area contributed by atoms with Crippen LogP contribution in [0.3, 0.4) is 0 Å². The van der Waals surface area contributed by atoms with Gasteiger partial charge in [0.1, 0.15) is 17.0 Å². The van der Waals surface area contributed by atoms with Crippen molar-refractivity contribution in [3.63, 3.8) is 0 Å². The number of fused-ring (bicyclic) bond motifs is 1. The Morgan fingerprint density at radius 1 is 1.40 bits per heavy atom. The van der Waals surface area contributed by atoms with Crippen molar-refractivity contribution >= 4 is 27.8 Å². The van der Waals surface area contributed by atoms with Crippen LogP contribution in [0.15, 0.2) is 16.6 Å². The number of likely N-dealkylation sites (tertiary alicyclic amines) is 1. The number of halogens is 1. The van der Waals surface area contributed by atoms with Gasteiger partial charge in [0.25, 0.3) is 0 Å². The molecule has 1 saturated heterocycles. The molecule has 25 heavy (non-hydrogen) atoms.